The topological polar surface area (TPSA) is 46.2 Å². The lowest BCUT2D eigenvalue weighted by Gasteiger charge is -2.34. The van der Waals surface area contributed by atoms with E-state index in [0.717, 1.165) is 60.9 Å². The van der Waals surface area contributed by atoms with Gasteiger partial charge in [-0.1, -0.05) is 37.6 Å². The number of nitrogens with zero attached hydrogens (tertiary/aromatic N) is 1. The van der Waals surface area contributed by atoms with Crippen LogP contribution in [0.25, 0.3) is 0 Å². The Morgan fingerprint density at radius 2 is 1.93 bits per heavy atom. The van der Waals surface area contributed by atoms with Crippen LogP contribution in [0.2, 0.25) is 5.02 Å². The van der Waals surface area contributed by atoms with Gasteiger partial charge in [0, 0.05) is 18.8 Å². The highest BCUT2D eigenvalue weighted by atomic mass is 35.5. The van der Waals surface area contributed by atoms with Crippen molar-refractivity contribution in [3.05, 3.63) is 52.2 Å². The summed E-state index contributed by atoms with van der Waals surface area (Å²) in [6.45, 7) is 7.41. The van der Waals surface area contributed by atoms with Gasteiger partial charge in [0.05, 0.1) is 10.7 Å². The average Bonchev–Trinajstić information content (AvgIpc) is 2.96. The summed E-state index contributed by atoms with van der Waals surface area (Å²) < 4.78 is 6.11. The molecule has 1 aromatic heterocycles. The van der Waals surface area contributed by atoms with Crippen molar-refractivity contribution in [1.82, 2.24) is 10.3 Å². The van der Waals surface area contributed by atoms with Crippen LogP contribution >= 0.6 is 11.6 Å². The molecule has 29 heavy (non-hydrogen) atoms. The second-order valence-electron chi connectivity index (χ2n) is 9.15. The molecule has 0 unspecified atom stereocenters. The molecular weight excluding hydrogens is 382 g/mol. The molecule has 0 radical (unpaired) electrons. The molecule has 0 spiro atoms. The van der Waals surface area contributed by atoms with Crippen LogP contribution in [-0.2, 0) is 19.4 Å². The summed E-state index contributed by atoms with van der Waals surface area (Å²) in [5.41, 5.74) is 5.38. The van der Waals surface area contributed by atoms with E-state index in [1.54, 1.807) is 0 Å². The van der Waals surface area contributed by atoms with E-state index in [-0.39, 0.29) is 0 Å². The highest BCUT2D eigenvalue weighted by molar-refractivity contribution is 6.33. The normalized spacial score (nSPS) is 19.3. The van der Waals surface area contributed by atoms with Crippen molar-refractivity contribution in [1.29, 1.82) is 0 Å². The number of hydrogen-bond donors (Lipinski definition) is 2. The number of aromatic nitrogens is 1. The molecule has 1 aromatic carbocycles. The van der Waals surface area contributed by atoms with Gasteiger partial charge >= 0.3 is 0 Å². The van der Waals surface area contributed by atoms with Crippen LogP contribution in [0.3, 0.4) is 0 Å². The molecule has 2 aromatic rings. The minimum Gasteiger partial charge on any atom is -0.474 e. The minimum atomic E-state index is 0.298. The monoisotopic (exact) mass is 413 g/mol. The fraction of sp³-hybridized carbons (Fsp3) is 0.542. The van der Waals surface area contributed by atoms with Gasteiger partial charge < -0.3 is 15.4 Å². The Bertz CT molecular complexity index is 825. The summed E-state index contributed by atoms with van der Waals surface area (Å²) in [5.74, 6) is 0.733. The van der Waals surface area contributed by atoms with Crippen LogP contribution in [0.5, 0.6) is 5.88 Å². The molecule has 0 atom stereocenters. The Kier molecular flexibility index (Phi) is 6.31. The molecule has 0 amide bonds. The Hall–Kier alpha value is -1.78. The first-order valence-electron chi connectivity index (χ1n) is 10.9. The Balaban J connectivity index is 1.36. The third-order valence-corrected chi connectivity index (χ3v) is 6.64. The molecule has 1 fully saturated rings. The van der Waals surface area contributed by atoms with Gasteiger partial charge in [0.25, 0.3) is 0 Å². The molecular formula is C24H32ClN3O. The molecule has 2 aliphatic rings. The Morgan fingerprint density at radius 3 is 2.69 bits per heavy atom. The van der Waals surface area contributed by atoms with Crippen molar-refractivity contribution in [2.24, 2.45) is 5.41 Å². The Morgan fingerprint density at radius 1 is 1.14 bits per heavy atom. The molecule has 4 nitrogen and oxygen atoms in total. The fourth-order valence-corrected chi connectivity index (χ4v) is 4.62. The molecule has 4 rings (SSSR count). The first-order chi connectivity index (χ1) is 14.0. The van der Waals surface area contributed by atoms with Crippen molar-refractivity contribution < 1.29 is 4.74 Å². The lowest BCUT2D eigenvalue weighted by molar-refractivity contribution is 0.0949. The van der Waals surface area contributed by atoms with E-state index in [1.807, 2.05) is 18.3 Å². The number of fused-ring (bicyclic) bond motifs is 1. The van der Waals surface area contributed by atoms with Crippen molar-refractivity contribution in [3.63, 3.8) is 0 Å². The van der Waals surface area contributed by atoms with Crippen LogP contribution in [-0.4, -0.2) is 24.2 Å². The van der Waals surface area contributed by atoms with E-state index in [9.17, 15) is 0 Å². The number of rotatable bonds is 5. The highest BCUT2D eigenvalue weighted by Gasteiger charge is 2.28. The number of anilines is 1. The maximum Gasteiger partial charge on any atom is 0.213 e. The van der Waals surface area contributed by atoms with Crippen LogP contribution in [0, 0.1) is 5.41 Å². The molecule has 0 bridgehead atoms. The number of halogens is 1. The lowest BCUT2D eigenvalue weighted by Crippen LogP contribution is -2.28. The van der Waals surface area contributed by atoms with Crippen LogP contribution in [0.1, 0.15) is 56.2 Å². The number of benzene rings is 1. The third kappa shape index (κ3) is 5.23. The van der Waals surface area contributed by atoms with Gasteiger partial charge in [0.15, 0.2) is 0 Å². The number of nitrogens with one attached hydrogen (secondary N) is 2. The summed E-state index contributed by atoms with van der Waals surface area (Å²) in [7, 11) is 0. The number of hydrogen-bond acceptors (Lipinski definition) is 4. The quantitative estimate of drug-likeness (QED) is 0.690. The molecule has 156 valence electrons. The molecule has 5 heteroatoms. The summed E-state index contributed by atoms with van der Waals surface area (Å²) in [6.07, 6.45) is 8.93. The average molecular weight is 414 g/mol. The summed E-state index contributed by atoms with van der Waals surface area (Å²) in [4.78, 5) is 4.54. The van der Waals surface area contributed by atoms with Crippen LogP contribution in [0.15, 0.2) is 30.5 Å². The van der Waals surface area contributed by atoms with Gasteiger partial charge in [0.1, 0.15) is 6.10 Å². The number of pyridine rings is 1. The predicted octanol–water partition coefficient (Wildman–Crippen LogP) is 5.38. The van der Waals surface area contributed by atoms with E-state index in [4.69, 9.17) is 16.3 Å². The second kappa shape index (κ2) is 8.93. The second-order valence-corrected chi connectivity index (χ2v) is 9.56. The van der Waals surface area contributed by atoms with Gasteiger partial charge in [-0.05, 0) is 79.8 Å². The van der Waals surface area contributed by atoms with Gasteiger partial charge in [-0.2, -0.15) is 0 Å². The van der Waals surface area contributed by atoms with Gasteiger partial charge in [-0.15, -0.1) is 0 Å². The van der Waals surface area contributed by atoms with Gasteiger partial charge in [-0.25, -0.2) is 4.98 Å². The fourth-order valence-electron chi connectivity index (χ4n) is 4.37. The van der Waals surface area contributed by atoms with E-state index >= 15 is 0 Å². The lowest BCUT2D eigenvalue weighted by atomic mass is 9.76. The SMILES string of the molecule is CC1(C)CCC(Oc2ccc(CNc3c(Cl)ccc4c3CCNCC4)cn2)CC1. The molecule has 0 saturated heterocycles. The highest BCUT2D eigenvalue weighted by Crippen LogP contribution is 2.36. The summed E-state index contributed by atoms with van der Waals surface area (Å²) in [5, 5.41) is 7.81. The predicted molar refractivity (Wildman–Crippen MR) is 120 cm³/mol. The van der Waals surface area contributed by atoms with Crippen molar-refractivity contribution in [3.8, 4) is 5.88 Å². The zero-order valence-electron chi connectivity index (χ0n) is 17.6. The summed E-state index contributed by atoms with van der Waals surface area (Å²) >= 11 is 6.52. The van der Waals surface area contributed by atoms with E-state index < -0.39 is 0 Å². The zero-order valence-corrected chi connectivity index (χ0v) is 18.3. The van der Waals surface area contributed by atoms with Gasteiger partial charge in [-0.3, -0.25) is 0 Å². The molecule has 2 heterocycles. The van der Waals surface area contributed by atoms with Crippen molar-refractivity contribution in [2.75, 3.05) is 18.4 Å². The van der Waals surface area contributed by atoms with Crippen LogP contribution < -0.4 is 15.4 Å². The maximum atomic E-state index is 6.52. The van der Waals surface area contributed by atoms with E-state index in [2.05, 4.69) is 41.6 Å². The molecule has 1 aliphatic heterocycles. The molecule has 1 aliphatic carbocycles. The summed E-state index contributed by atoms with van der Waals surface area (Å²) in [6, 6.07) is 8.26. The van der Waals surface area contributed by atoms with Crippen molar-refractivity contribution >= 4 is 17.3 Å². The molecule has 1 saturated carbocycles. The van der Waals surface area contributed by atoms with Crippen molar-refractivity contribution in [2.45, 2.75) is 65.0 Å². The smallest absolute Gasteiger partial charge is 0.213 e. The van der Waals surface area contributed by atoms with E-state index in [0.29, 0.717) is 18.1 Å². The van der Waals surface area contributed by atoms with Crippen LogP contribution in [0.4, 0.5) is 5.69 Å². The minimum absolute atomic E-state index is 0.298. The first-order valence-corrected chi connectivity index (χ1v) is 11.2. The zero-order chi connectivity index (χ0) is 20.3. The number of ether oxygens (including phenoxy) is 1. The first kappa shape index (κ1) is 20.5. The third-order valence-electron chi connectivity index (χ3n) is 6.32. The molecule has 2 N–H and O–H groups in total. The largest absolute Gasteiger partial charge is 0.474 e. The Labute approximate surface area is 179 Å². The van der Waals surface area contributed by atoms with E-state index in [1.165, 1.54) is 24.0 Å². The standard InChI is InChI=1S/C24H32ClN3O/c1-24(2)11-7-19(8-12-24)29-22-6-3-17(15-27-22)16-28-23-20-10-14-26-13-9-18(20)4-5-21(23)25/h3-6,15,19,26,28H,7-14,16H2,1-2H3. The maximum absolute atomic E-state index is 6.52. The van der Waals surface area contributed by atoms with Gasteiger partial charge in [0.2, 0.25) is 5.88 Å².